The van der Waals surface area contributed by atoms with E-state index in [0.29, 0.717) is 11.5 Å². The first kappa shape index (κ1) is 14.4. The molecular weight excluding hydrogens is 190 g/mol. The highest BCUT2D eigenvalue weighted by Crippen LogP contribution is 2.24. The lowest BCUT2D eigenvalue weighted by atomic mass is 9.86. The Bertz CT molecular complexity index is 200. The molecule has 0 radical (unpaired) electrons. The lowest BCUT2D eigenvalue weighted by Gasteiger charge is -2.30. The average molecular weight is 215 g/mol. The molecule has 0 saturated carbocycles. The lowest BCUT2D eigenvalue weighted by Crippen LogP contribution is -2.37. The van der Waals surface area contributed by atoms with Gasteiger partial charge in [0.25, 0.3) is 0 Å². The smallest absolute Gasteiger partial charge is 0.317 e. The number of nitrogens with zero attached hydrogens (tertiary/aromatic N) is 1. The molecule has 0 fully saturated rings. The molecule has 0 amide bonds. The van der Waals surface area contributed by atoms with Crippen molar-refractivity contribution in [3.05, 3.63) is 0 Å². The SMILES string of the molecule is CCC(C)(C)CCN(CC(=O)O)C(C)C. The van der Waals surface area contributed by atoms with Gasteiger partial charge in [-0.3, -0.25) is 9.69 Å². The molecule has 90 valence electrons. The monoisotopic (exact) mass is 215 g/mol. The topological polar surface area (TPSA) is 40.5 Å². The van der Waals surface area contributed by atoms with Crippen LogP contribution in [0.25, 0.3) is 0 Å². The Morgan fingerprint density at radius 3 is 2.27 bits per heavy atom. The number of hydrogen-bond donors (Lipinski definition) is 1. The number of aliphatic carboxylic acids is 1. The van der Waals surface area contributed by atoms with Gasteiger partial charge in [0.05, 0.1) is 6.54 Å². The van der Waals surface area contributed by atoms with Gasteiger partial charge in [-0.1, -0.05) is 27.2 Å². The fraction of sp³-hybridized carbons (Fsp3) is 0.917. The number of rotatable bonds is 7. The summed E-state index contributed by atoms with van der Waals surface area (Å²) in [4.78, 5) is 12.7. The Balaban J connectivity index is 4.13. The highest BCUT2D eigenvalue weighted by atomic mass is 16.4. The Hall–Kier alpha value is -0.570. The van der Waals surface area contributed by atoms with Gasteiger partial charge in [-0.25, -0.2) is 0 Å². The van der Waals surface area contributed by atoms with Crippen molar-refractivity contribution in [2.75, 3.05) is 13.1 Å². The third kappa shape index (κ3) is 6.50. The van der Waals surface area contributed by atoms with Crippen molar-refractivity contribution in [2.24, 2.45) is 5.41 Å². The molecule has 0 heterocycles. The van der Waals surface area contributed by atoms with E-state index in [-0.39, 0.29) is 6.54 Å². The van der Waals surface area contributed by atoms with E-state index in [1.165, 1.54) is 0 Å². The largest absolute Gasteiger partial charge is 0.480 e. The number of carboxylic acids is 1. The predicted molar refractivity (Wildman–Crippen MR) is 63.0 cm³/mol. The summed E-state index contributed by atoms with van der Waals surface area (Å²) >= 11 is 0. The fourth-order valence-electron chi connectivity index (χ4n) is 1.32. The Labute approximate surface area is 93.5 Å². The summed E-state index contributed by atoms with van der Waals surface area (Å²) < 4.78 is 0. The van der Waals surface area contributed by atoms with Gasteiger partial charge < -0.3 is 5.11 Å². The van der Waals surface area contributed by atoms with Gasteiger partial charge in [-0.2, -0.15) is 0 Å². The first-order chi connectivity index (χ1) is 6.78. The highest BCUT2D eigenvalue weighted by Gasteiger charge is 2.19. The number of hydrogen-bond acceptors (Lipinski definition) is 2. The summed E-state index contributed by atoms with van der Waals surface area (Å²) in [5.74, 6) is -0.738. The molecule has 0 aliphatic heterocycles. The zero-order chi connectivity index (χ0) is 12.1. The zero-order valence-corrected chi connectivity index (χ0v) is 10.7. The zero-order valence-electron chi connectivity index (χ0n) is 10.7. The molecule has 3 nitrogen and oxygen atoms in total. The number of carbonyl (C=O) groups is 1. The molecule has 0 aliphatic carbocycles. The summed E-state index contributed by atoms with van der Waals surface area (Å²) in [6, 6.07) is 0.300. The van der Waals surface area contributed by atoms with Crippen molar-refractivity contribution in [1.82, 2.24) is 4.90 Å². The molecule has 0 aromatic rings. The van der Waals surface area contributed by atoms with Crippen molar-refractivity contribution in [2.45, 2.75) is 53.5 Å². The number of carboxylic acid groups (broad SMARTS) is 1. The van der Waals surface area contributed by atoms with E-state index in [1.807, 2.05) is 18.7 Å². The van der Waals surface area contributed by atoms with Crippen molar-refractivity contribution < 1.29 is 9.90 Å². The second kappa shape index (κ2) is 6.11. The van der Waals surface area contributed by atoms with Crippen LogP contribution in [0.4, 0.5) is 0 Å². The van der Waals surface area contributed by atoms with Crippen LogP contribution in [0, 0.1) is 5.41 Å². The van der Waals surface area contributed by atoms with Gasteiger partial charge in [0.15, 0.2) is 0 Å². The van der Waals surface area contributed by atoms with Crippen molar-refractivity contribution in [3.8, 4) is 0 Å². The average Bonchev–Trinajstić information content (AvgIpc) is 2.11. The second-order valence-electron chi connectivity index (χ2n) is 5.23. The molecule has 15 heavy (non-hydrogen) atoms. The van der Waals surface area contributed by atoms with Gasteiger partial charge in [0.1, 0.15) is 0 Å². The maximum atomic E-state index is 10.7. The fourth-order valence-corrected chi connectivity index (χ4v) is 1.32. The van der Waals surface area contributed by atoms with Crippen LogP contribution in [-0.2, 0) is 4.79 Å². The minimum absolute atomic E-state index is 0.150. The van der Waals surface area contributed by atoms with Crippen LogP contribution in [0.3, 0.4) is 0 Å². The van der Waals surface area contributed by atoms with Gasteiger partial charge in [0.2, 0.25) is 0 Å². The van der Waals surface area contributed by atoms with Crippen molar-refractivity contribution >= 4 is 5.97 Å². The maximum absolute atomic E-state index is 10.7. The van der Waals surface area contributed by atoms with E-state index in [4.69, 9.17) is 5.11 Å². The first-order valence-corrected chi connectivity index (χ1v) is 5.74. The lowest BCUT2D eigenvalue weighted by molar-refractivity contribution is -0.138. The standard InChI is InChI=1S/C12H25NO2/c1-6-12(4,5)7-8-13(10(2)3)9-11(14)15/h10H,6-9H2,1-5H3,(H,14,15). The molecule has 0 atom stereocenters. The molecule has 0 aromatic carbocycles. The molecule has 0 saturated heterocycles. The van der Waals surface area contributed by atoms with Crippen molar-refractivity contribution in [1.29, 1.82) is 0 Å². The van der Waals surface area contributed by atoms with Gasteiger partial charge in [0, 0.05) is 6.04 Å². The predicted octanol–water partition coefficient (Wildman–Crippen LogP) is 2.61. The Morgan fingerprint density at radius 2 is 1.93 bits per heavy atom. The second-order valence-corrected chi connectivity index (χ2v) is 5.23. The Morgan fingerprint density at radius 1 is 1.40 bits per heavy atom. The van der Waals surface area contributed by atoms with Crippen LogP contribution in [0.1, 0.15) is 47.5 Å². The van der Waals surface area contributed by atoms with E-state index < -0.39 is 5.97 Å². The minimum Gasteiger partial charge on any atom is -0.480 e. The quantitative estimate of drug-likeness (QED) is 0.709. The molecule has 0 aliphatic rings. The summed E-state index contributed by atoms with van der Waals surface area (Å²) in [7, 11) is 0. The summed E-state index contributed by atoms with van der Waals surface area (Å²) in [6.45, 7) is 11.7. The van der Waals surface area contributed by atoms with Crippen LogP contribution in [-0.4, -0.2) is 35.1 Å². The first-order valence-electron chi connectivity index (χ1n) is 5.74. The minimum atomic E-state index is -0.738. The molecule has 0 aromatic heterocycles. The molecule has 0 bridgehead atoms. The molecule has 3 heteroatoms. The van der Waals surface area contributed by atoms with E-state index in [2.05, 4.69) is 20.8 Å². The molecule has 0 unspecified atom stereocenters. The third-order valence-electron chi connectivity index (χ3n) is 3.10. The maximum Gasteiger partial charge on any atom is 0.317 e. The molecule has 0 rings (SSSR count). The normalized spacial score (nSPS) is 12.5. The van der Waals surface area contributed by atoms with E-state index >= 15 is 0 Å². The molecule has 0 spiro atoms. The third-order valence-corrected chi connectivity index (χ3v) is 3.10. The van der Waals surface area contributed by atoms with Crippen LogP contribution in [0.2, 0.25) is 0 Å². The van der Waals surface area contributed by atoms with Gasteiger partial charge in [-0.05, 0) is 32.2 Å². The van der Waals surface area contributed by atoms with Crippen LogP contribution < -0.4 is 0 Å². The van der Waals surface area contributed by atoms with Crippen LogP contribution in [0.5, 0.6) is 0 Å². The summed E-state index contributed by atoms with van der Waals surface area (Å²) in [6.07, 6.45) is 2.18. The van der Waals surface area contributed by atoms with Gasteiger partial charge in [-0.15, -0.1) is 0 Å². The van der Waals surface area contributed by atoms with Crippen LogP contribution >= 0.6 is 0 Å². The van der Waals surface area contributed by atoms with Gasteiger partial charge >= 0.3 is 5.97 Å². The summed E-state index contributed by atoms with van der Waals surface area (Å²) in [5, 5.41) is 8.78. The van der Waals surface area contributed by atoms with Crippen LogP contribution in [0.15, 0.2) is 0 Å². The highest BCUT2D eigenvalue weighted by molar-refractivity contribution is 5.69. The summed E-state index contributed by atoms with van der Waals surface area (Å²) in [5.41, 5.74) is 0.311. The van der Waals surface area contributed by atoms with E-state index in [9.17, 15) is 4.79 Å². The Kier molecular flexibility index (Phi) is 5.88. The van der Waals surface area contributed by atoms with E-state index in [0.717, 1.165) is 19.4 Å². The van der Waals surface area contributed by atoms with Crippen molar-refractivity contribution in [3.63, 3.8) is 0 Å². The molecule has 1 N–H and O–H groups in total. The molecular formula is C12H25NO2. The van der Waals surface area contributed by atoms with E-state index in [1.54, 1.807) is 0 Å².